The van der Waals surface area contributed by atoms with Crippen LogP contribution in [0.2, 0.25) is 0 Å². The molecule has 0 aliphatic carbocycles. The van der Waals surface area contributed by atoms with Crippen LogP contribution in [0.15, 0.2) is 47.1 Å². The van der Waals surface area contributed by atoms with Gasteiger partial charge < -0.3 is 15.2 Å². The maximum absolute atomic E-state index is 12.1. The van der Waals surface area contributed by atoms with E-state index in [9.17, 15) is 10.1 Å². The molecule has 1 aromatic rings. The van der Waals surface area contributed by atoms with E-state index < -0.39 is 11.9 Å². The first-order chi connectivity index (χ1) is 10.5. The lowest BCUT2D eigenvalue weighted by Crippen LogP contribution is -2.25. The van der Waals surface area contributed by atoms with E-state index in [1.54, 1.807) is 31.2 Å². The van der Waals surface area contributed by atoms with Crippen molar-refractivity contribution in [2.24, 2.45) is 5.73 Å². The average Bonchev–Trinajstić information content (AvgIpc) is 2.53. The third-order valence-electron chi connectivity index (χ3n) is 3.38. The molecule has 1 heterocycles. The first-order valence-corrected chi connectivity index (χ1v) is 6.40. The van der Waals surface area contributed by atoms with E-state index in [0.29, 0.717) is 11.1 Å². The molecule has 110 valence electrons. The van der Waals surface area contributed by atoms with Gasteiger partial charge in [-0.2, -0.15) is 10.5 Å². The molecule has 0 saturated carbocycles. The van der Waals surface area contributed by atoms with Crippen molar-refractivity contribution in [3.05, 3.63) is 58.2 Å². The summed E-state index contributed by atoms with van der Waals surface area (Å²) >= 11 is 0. The van der Waals surface area contributed by atoms with Crippen molar-refractivity contribution < 1.29 is 14.3 Å². The largest absolute Gasteiger partial charge is 0.466 e. The third kappa shape index (κ3) is 2.50. The highest BCUT2D eigenvalue weighted by Crippen LogP contribution is 2.39. The fourth-order valence-corrected chi connectivity index (χ4v) is 2.34. The van der Waals surface area contributed by atoms with Crippen molar-refractivity contribution in [1.29, 1.82) is 10.5 Å². The Morgan fingerprint density at radius 2 is 1.91 bits per heavy atom. The molecule has 0 spiro atoms. The summed E-state index contributed by atoms with van der Waals surface area (Å²) < 4.78 is 10.1. The van der Waals surface area contributed by atoms with Gasteiger partial charge in [-0.15, -0.1) is 0 Å². The molecular weight excluding hydrogens is 282 g/mol. The van der Waals surface area contributed by atoms with Crippen LogP contribution in [0.1, 0.15) is 24.0 Å². The normalized spacial score (nSPS) is 17.4. The van der Waals surface area contributed by atoms with E-state index >= 15 is 0 Å². The number of esters is 1. The van der Waals surface area contributed by atoms with E-state index in [0.717, 1.165) is 0 Å². The fourth-order valence-electron chi connectivity index (χ4n) is 2.34. The van der Waals surface area contributed by atoms with Gasteiger partial charge in [-0.3, -0.25) is 0 Å². The van der Waals surface area contributed by atoms with Crippen LogP contribution in [0.5, 0.6) is 0 Å². The van der Waals surface area contributed by atoms with Gasteiger partial charge >= 0.3 is 5.97 Å². The monoisotopic (exact) mass is 295 g/mol. The number of nitrogens with two attached hydrogens (primary N) is 1. The van der Waals surface area contributed by atoms with Crippen molar-refractivity contribution in [2.75, 3.05) is 7.11 Å². The summed E-state index contributed by atoms with van der Waals surface area (Å²) in [4.78, 5) is 12.1. The predicted molar refractivity (Wildman–Crippen MR) is 76.5 cm³/mol. The summed E-state index contributed by atoms with van der Waals surface area (Å²) in [7, 11) is 1.26. The van der Waals surface area contributed by atoms with Gasteiger partial charge in [-0.25, -0.2) is 4.79 Å². The molecule has 0 radical (unpaired) electrons. The predicted octanol–water partition coefficient (Wildman–Crippen LogP) is 1.81. The number of methoxy groups -OCH3 is 1. The van der Waals surface area contributed by atoms with Crippen LogP contribution in [0.3, 0.4) is 0 Å². The molecule has 0 aromatic heterocycles. The smallest absolute Gasteiger partial charge is 0.338 e. The summed E-state index contributed by atoms with van der Waals surface area (Å²) in [5.74, 6) is -1.02. The van der Waals surface area contributed by atoms with Gasteiger partial charge in [0.05, 0.1) is 30.2 Å². The maximum Gasteiger partial charge on any atom is 0.338 e. The van der Waals surface area contributed by atoms with Gasteiger partial charge in [-0.05, 0) is 24.6 Å². The minimum absolute atomic E-state index is 0.0398. The third-order valence-corrected chi connectivity index (χ3v) is 3.38. The molecule has 2 rings (SSSR count). The molecule has 0 amide bonds. The Balaban J connectivity index is 2.62. The Morgan fingerprint density at radius 3 is 2.41 bits per heavy atom. The zero-order valence-electron chi connectivity index (χ0n) is 12.1. The highest BCUT2D eigenvalue weighted by Gasteiger charge is 2.35. The van der Waals surface area contributed by atoms with Crippen molar-refractivity contribution in [3.63, 3.8) is 0 Å². The number of allylic oxidation sites excluding steroid dienone is 2. The second kappa shape index (κ2) is 6.02. The minimum Gasteiger partial charge on any atom is -0.466 e. The quantitative estimate of drug-likeness (QED) is 0.833. The van der Waals surface area contributed by atoms with Crippen LogP contribution >= 0.6 is 0 Å². The molecule has 1 aliphatic heterocycles. The second-order valence-electron chi connectivity index (χ2n) is 4.62. The zero-order chi connectivity index (χ0) is 16.3. The number of ether oxygens (including phenoxy) is 2. The number of hydrogen-bond acceptors (Lipinski definition) is 6. The number of rotatable bonds is 2. The van der Waals surface area contributed by atoms with Gasteiger partial charge in [-0.1, -0.05) is 12.1 Å². The molecule has 0 bridgehead atoms. The van der Waals surface area contributed by atoms with E-state index in [-0.39, 0.29) is 22.8 Å². The van der Waals surface area contributed by atoms with Crippen LogP contribution in [0, 0.1) is 22.7 Å². The molecule has 0 saturated heterocycles. The molecular formula is C16H13N3O3. The summed E-state index contributed by atoms with van der Waals surface area (Å²) in [6, 6.07) is 10.6. The Bertz CT molecular complexity index is 761. The van der Waals surface area contributed by atoms with Crippen LogP contribution in [0.25, 0.3) is 0 Å². The summed E-state index contributed by atoms with van der Waals surface area (Å²) in [6.45, 7) is 1.59. The van der Waals surface area contributed by atoms with Crippen molar-refractivity contribution in [1.82, 2.24) is 0 Å². The van der Waals surface area contributed by atoms with Gasteiger partial charge in [0.15, 0.2) is 0 Å². The molecule has 6 heteroatoms. The average molecular weight is 295 g/mol. The number of nitriles is 2. The number of benzene rings is 1. The van der Waals surface area contributed by atoms with E-state index in [4.69, 9.17) is 20.5 Å². The van der Waals surface area contributed by atoms with Gasteiger partial charge in [0.2, 0.25) is 5.88 Å². The molecule has 1 atom stereocenters. The van der Waals surface area contributed by atoms with Crippen molar-refractivity contribution in [2.45, 2.75) is 12.8 Å². The lowest BCUT2D eigenvalue weighted by molar-refractivity contribution is -0.136. The Morgan fingerprint density at radius 1 is 1.27 bits per heavy atom. The van der Waals surface area contributed by atoms with E-state index in [1.165, 1.54) is 7.11 Å². The Labute approximate surface area is 127 Å². The van der Waals surface area contributed by atoms with Crippen molar-refractivity contribution >= 4 is 5.97 Å². The maximum atomic E-state index is 12.1. The van der Waals surface area contributed by atoms with Crippen LogP contribution in [-0.4, -0.2) is 13.1 Å². The summed E-state index contributed by atoms with van der Waals surface area (Å²) in [5.41, 5.74) is 7.25. The van der Waals surface area contributed by atoms with Gasteiger partial charge in [0.1, 0.15) is 17.4 Å². The number of hydrogen-bond donors (Lipinski definition) is 1. The number of nitrogens with zero attached hydrogens (tertiary/aromatic N) is 2. The first kappa shape index (κ1) is 15.1. The highest BCUT2D eigenvalue weighted by atomic mass is 16.5. The highest BCUT2D eigenvalue weighted by molar-refractivity contribution is 5.92. The summed E-state index contributed by atoms with van der Waals surface area (Å²) in [5, 5.41) is 18.2. The molecule has 0 fully saturated rings. The molecule has 22 heavy (non-hydrogen) atoms. The second-order valence-corrected chi connectivity index (χ2v) is 4.62. The lowest BCUT2D eigenvalue weighted by Gasteiger charge is -2.26. The molecule has 1 aliphatic rings. The number of carbonyl (C=O) groups is 1. The topological polar surface area (TPSA) is 109 Å². The lowest BCUT2D eigenvalue weighted by atomic mass is 9.83. The van der Waals surface area contributed by atoms with Crippen LogP contribution < -0.4 is 5.73 Å². The van der Waals surface area contributed by atoms with Crippen molar-refractivity contribution in [3.8, 4) is 12.1 Å². The van der Waals surface area contributed by atoms with Crippen LogP contribution in [-0.2, 0) is 14.3 Å². The Hall–Kier alpha value is -3.25. The fraction of sp³-hybridized carbons (Fsp3) is 0.188. The van der Waals surface area contributed by atoms with E-state index in [2.05, 4.69) is 0 Å². The molecule has 6 nitrogen and oxygen atoms in total. The Kier molecular flexibility index (Phi) is 4.15. The SMILES string of the molecule is COC(=O)C1=C(C)OC(N)=C(C#N)C1c1ccc(C#N)cc1. The number of carbonyl (C=O) groups excluding carboxylic acids is 1. The zero-order valence-corrected chi connectivity index (χ0v) is 12.1. The first-order valence-electron chi connectivity index (χ1n) is 6.40. The summed E-state index contributed by atoms with van der Waals surface area (Å²) in [6.07, 6.45) is 0. The molecule has 1 unspecified atom stereocenters. The van der Waals surface area contributed by atoms with E-state index in [1.807, 2.05) is 12.1 Å². The van der Waals surface area contributed by atoms with Gasteiger partial charge in [0, 0.05) is 0 Å². The molecule has 2 N–H and O–H groups in total. The minimum atomic E-state index is -0.682. The molecule has 1 aromatic carbocycles. The van der Waals surface area contributed by atoms with Gasteiger partial charge in [0.25, 0.3) is 0 Å². The van der Waals surface area contributed by atoms with Crippen LogP contribution in [0.4, 0.5) is 0 Å². The standard InChI is InChI=1S/C16H13N3O3/c1-9-13(16(20)21-2)14(12(8-18)15(19)22-9)11-5-3-10(7-17)4-6-11/h3-6,14H,19H2,1-2H3.